The summed E-state index contributed by atoms with van der Waals surface area (Å²) in [7, 11) is 0. The van der Waals surface area contributed by atoms with Gasteiger partial charge in [0.1, 0.15) is 19.3 Å². The topological polar surface area (TPSA) is 75.0 Å². The first-order valence-electron chi connectivity index (χ1n) is 11.2. The fourth-order valence-electron chi connectivity index (χ4n) is 4.66. The van der Waals surface area contributed by atoms with Gasteiger partial charge in [-0.1, -0.05) is 62.9 Å². The summed E-state index contributed by atoms with van der Waals surface area (Å²) < 4.78 is 22.4. The Morgan fingerprint density at radius 1 is 1.09 bits per heavy atom. The maximum absolute atomic E-state index is 15.0. The van der Waals surface area contributed by atoms with E-state index in [4.69, 9.17) is 4.74 Å². The van der Waals surface area contributed by atoms with Gasteiger partial charge in [-0.15, -0.1) is 0 Å². The Bertz CT molecular complexity index is 1320. The number of benzene rings is 2. The predicted molar refractivity (Wildman–Crippen MR) is 132 cm³/mol. The number of rotatable bonds is 2. The molecule has 3 aromatic rings. The Balaban J connectivity index is 0.00000289. The summed E-state index contributed by atoms with van der Waals surface area (Å²) in [6.07, 6.45) is 5.68. The molecule has 8 heteroatoms. The first kappa shape index (κ1) is 24.1. The van der Waals surface area contributed by atoms with Crippen molar-refractivity contribution in [1.29, 1.82) is 0 Å². The number of pyridine rings is 1. The largest absolute Gasteiger partial charge is 0.502 e. The van der Waals surface area contributed by atoms with E-state index >= 15 is 4.39 Å². The Hall–Kier alpha value is -4.07. The second-order valence-corrected chi connectivity index (χ2v) is 8.26. The number of amides is 1. The number of hydrogen-bond donors (Lipinski definition) is 1. The van der Waals surface area contributed by atoms with Gasteiger partial charge in [0.05, 0.1) is 6.04 Å². The Morgan fingerprint density at radius 2 is 1.86 bits per heavy atom. The lowest BCUT2D eigenvalue weighted by Crippen LogP contribution is -2.57. The van der Waals surface area contributed by atoms with Crippen molar-refractivity contribution in [3.8, 4) is 11.5 Å². The van der Waals surface area contributed by atoms with Crippen LogP contribution in [0.5, 0.6) is 11.5 Å². The summed E-state index contributed by atoms with van der Waals surface area (Å²) in [5.74, 6) is -1.44. The van der Waals surface area contributed by atoms with Crippen molar-refractivity contribution < 1.29 is 19.0 Å². The molecule has 1 N–H and O–H groups in total. The highest BCUT2D eigenvalue weighted by Crippen LogP contribution is 2.38. The summed E-state index contributed by atoms with van der Waals surface area (Å²) in [6.45, 7) is 2.22. The van der Waals surface area contributed by atoms with Gasteiger partial charge in [-0.2, -0.15) is 0 Å². The average molecular weight is 478 g/mol. The number of hydrogen-bond acceptors (Lipinski definition) is 5. The van der Waals surface area contributed by atoms with Crippen LogP contribution in [0, 0.1) is 5.82 Å². The molecule has 35 heavy (non-hydrogen) atoms. The molecule has 2 bridgehead atoms. The maximum atomic E-state index is 15.0. The highest BCUT2D eigenvalue weighted by Gasteiger charge is 2.39. The van der Waals surface area contributed by atoms with Crippen molar-refractivity contribution in [2.24, 2.45) is 0 Å². The van der Waals surface area contributed by atoms with Crippen molar-refractivity contribution >= 4 is 5.91 Å². The van der Waals surface area contributed by atoms with E-state index in [1.165, 1.54) is 23.0 Å². The van der Waals surface area contributed by atoms with E-state index in [2.05, 4.69) is 0 Å². The summed E-state index contributed by atoms with van der Waals surface area (Å²) in [6, 6.07) is 14.6. The van der Waals surface area contributed by atoms with Crippen molar-refractivity contribution in [3.63, 3.8) is 0 Å². The molecule has 2 aliphatic rings. The molecular weight excluding hydrogens is 449 g/mol. The van der Waals surface area contributed by atoms with E-state index in [1.54, 1.807) is 23.1 Å². The van der Waals surface area contributed by atoms with Crippen molar-refractivity contribution in [1.82, 2.24) is 9.58 Å². The van der Waals surface area contributed by atoms with E-state index in [0.29, 0.717) is 12.0 Å². The van der Waals surface area contributed by atoms with E-state index in [1.807, 2.05) is 48.3 Å². The van der Waals surface area contributed by atoms with Crippen LogP contribution in [0.15, 0.2) is 77.7 Å². The van der Waals surface area contributed by atoms with Crippen molar-refractivity contribution in [3.05, 3.63) is 106 Å². The molecule has 1 amide bonds. The fraction of sp³-hybridized carbons (Fsp3) is 0.259. The quantitative estimate of drug-likeness (QED) is 0.560. The van der Waals surface area contributed by atoms with Crippen molar-refractivity contribution in [2.75, 3.05) is 18.3 Å². The zero-order valence-corrected chi connectivity index (χ0v) is 18.6. The molecule has 0 saturated carbocycles. The monoisotopic (exact) mass is 477 g/mol. The van der Waals surface area contributed by atoms with Crippen molar-refractivity contribution in [2.45, 2.75) is 32.9 Å². The molecule has 2 atom stereocenters. The Morgan fingerprint density at radius 3 is 2.60 bits per heavy atom. The third-order valence-corrected chi connectivity index (χ3v) is 6.30. The highest BCUT2D eigenvalue weighted by atomic mass is 19.1. The SMILES string of the molecule is C.CC[C@@H]1/C=C/COc2c(F)cccc2[C@H](c2ccccc2)N2CN1C(=O)c1c(O)c(=O)ccn12. The minimum absolute atomic E-state index is 0. The lowest BCUT2D eigenvalue weighted by Gasteiger charge is -2.45. The second kappa shape index (κ2) is 9.66. The lowest BCUT2D eigenvalue weighted by atomic mass is 9.96. The third-order valence-electron chi connectivity index (χ3n) is 6.30. The van der Waals surface area contributed by atoms with Gasteiger partial charge in [-0.05, 0) is 24.1 Å². The smallest absolute Gasteiger partial charge is 0.278 e. The van der Waals surface area contributed by atoms with Crippen LogP contribution in [-0.2, 0) is 0 Å². The zero-order valence-electron chi connectivity index (χ0n) is 18.6. The normalized spacial score (nSPS) is 20.0. The average Bonchev–Trinajstić information content (AvgIpc) is 2.87. The minimum atomic E-state index is -0.639. The third kappa shape index (κ3) is 4.05. The highest BCUT2D eigenvalue weighted by molar-refractivity contribution is 5.96. The van der Waals surface area contributed by atoms with Gasteiger partial charge < -0.3 is 14.7 Å². The Kier molecular flexibility index (Phi) is 6.64. The number of aromatic nitrogens is 1. The molecule has 0 radical (unpaired) electrons. The number of halogens is 1. The van der Waals surface area contributed by atoms with Gasteiger partial charge in [0, 0.05) is 17.8 Å². The van der Waals surface area contributed by atoms with E-state index in [0.717, 1.165) is 5.56 Å². The van der Waals surface area contributed by atoms with Crippen LogP contribution >= 0.6 is 0 Å². The van der Waals surface area contributed by atoms with Crippen LogP contribution in [0.3, 0.4) is 0 Å². The summed E-state index contributed by atoms with van der Waals surface area (Å²) in [4.78, 5) is 27.4. The molecule has 0 spiro atoms. The van der Waals surface area contributed by atoms with Gasteiger partial charge in [-0.3, -0.25) is 19.3 Å². The molecule has 2 aliphatic heterocycles. The summed E-state index contributed by atoms with van der Waals surface area (Å²) in [5, 5.41) is 12.5. The number of carbonyl (C=O) groups excluding carboxylic acids is 1. The van der Waals surface area contributed by atoms with Crippen LogP contribution in [0.2, 0.25) is 0 Å². The van der Waals surface area contributed by atoms with E-state index in [9.17, 15) is 14.7 Å². The molecule has 3 heterocycles. The number of fused-ring (bicyclic) bond motifs is 5. The first-order valence-corrected chi connectivity index (χ1v) is 11.2. The molecular formula is C27H28FN3O4. The molecule has 7 nitrogen and oxygen atoms in total. The maximum Gasteiger partial charge on any atom is 0.278 e. The molecule has 0 saturated heterocycles. The van der Waals surface area contributed by atoms with Gasteiger partial charge in [-0.25, -0.2) is 4.39 Å². The Labute approximate surface area is 203 Å². The number of nitrogens with zero attached hydrogens (tertiary/aromatic N) is 3. The standard InChI is InChI=1S/C26H24FN3O4.CH4/c1-2-18-10-7-15-34-25-19(11-6-12-20(25)27)22(17-8-4-3-5-9-17)30-16-28(18)26(33)23-24(32)21(31)13-14-29(23)30;/h3-14,18,22,32H,2,15-16H2,1H3;1H4/b10-7+;/t18-,22+;/m1./s1. The van der Waals surface area contributed by atoms with Gasteiger partial charge in [0.25, 0.3) is 5.91 Å². The predicted octanol–water partition coefficient (Wildman–Crippen LogP) is 4.20. The minimum Gasteiger partial charge on any atom is -0.502 e. The first-order chi connectivity index (χ1) is 16.5. The van der Waals surface area contributed by atoms with Crippen LogP contribution in [0.4, 0.5) is 4.39 Å². The molecule has 0 aliphatic carbocycles. The van der Waals surface area contributed by atoms with E-state index in [-0.39, 0.29) is 38.2 Å². The number of para-hydroxylation sites is 1. The second-order valence-electron chi connectivity index (χ2n) is 8.26. The zero-order chi connectivity index (χ0) is 23.8. The van der Waals surface area contributed by atoms with Gasteiger partial charge >= 0.3 is 0 Å². The van der Waals surface area contributed by atoms with E-state index < -0.39 is 28.9 Å². The van der Waals surface area contributed by atoms with Gasteiger partial charge in [0.2, 0.25) is 5.43 Å². The lowest BCUT2D eigenvalue weighted by molar-refractivity contribution is 0.0626. The number of aromatic hydroxyl groups is 1. The van der Waals surface area contributed by atoms with Crippen LogP contribution in [0.1, 0.15) is 48.4 Å². The van der Waals surface area contributed by atoms with Crippen LogP contribution < -0.4 is 15.2 Å². The molecule has 0 unspecified atom stereocenters. The van der Waals surface area contributed by atoms with Gasteiger partial charge in [0.15, 0.2) is 23.0 Å². The van der Waals surface area contributed by atoms with Crippen LogP contribution in [-0.4, -0.2) is 39.9 Å². The molecule has 0 fully saturated rings. The fourth-order valence-corrected chi connectivity index (χ4v) is 4.66. The number of carbonyl (C=O) groups is 1. The molecule has 1 aromatic heterocycles. The molecule has 2 aromatic carbocycles. The molecule has 5 rings (SSSR count). The van der Waals surface area contributed by atoms with Crippen LogP contribution in [0.25, 0.3) is 0 Å². The summed E-state index contributed by atoms with van der Waals surface area (Å²) >= 11 is 0. The molecule has 182 valence electrons. The number of ether oxygens (including phenoxy) is 1. The summed E-state index contributed by atoms with van der Waals surface area (Å²) in [5.41, 5.74) is 0.634.